The molecule has 1 aromatic rings. The van der Waals surface area contributed by atoms with E-state index >= 15 is 0 Å². The van der Waals surface area contributed by atoms with Crippen molar-refractivity contribution in [3.63, 3.8) is 0 Å². The molecule has 26 heavy (non-hydrogen) atoms. The molecule has 0 aromatic heterocycles. The van der Waals surface area contributed by atoms with E-state index in [4.69, 9.17) is 0 Å². The molecule has 0 radical (unpaired) electrons. The Labute approximate surface area is 158 Å². The average Bonchev–Trinajstić information content (AvgIpc) is 3.14. The molecule has 4 bridgehead atoms. The molecule has 3 nitrogen and oxygen atoms in total. The Bertz CT molecular complexity index is 748. The summed E-state index contributed by atoms with van der Waals surface area (Å²) in [5.41, 5.74) is 1.06. The molecule has 2 aliphatic heterocycles. The SMILES string of the molecule is O=C1C2CSC3(C4CC5CC(C4)CC3C5)C2C(=O)N1Cc1ccccc1. The molecular weight excluding hydrogens is 342 g/mol. The van der Waals surface area contributed by atoms with Gasteiger partial charge in [-0.2, -0.15) is 11.8 Å². The second-order valence-corrected chi connectivity index (χ2v) is 10.6. The number of thioether (sulfide) groups is 1. The molecule has 136 valence electrons. The Morgan fingerprint density at radius 1 is 0.923 bits per heavy atom. The monoisotopic (exact) mass is 367 g/mol. The lowest BCUT2D eigenvalue weighted by Gasteiger charge is -2.61. The van der Waals surface area contributed by atoms with E-state index in [2.05, 4.69) is 0 Å². The van der Waals surface area contributed by atoms with E-state index in [0.717, 1.165) is 23.2 Å². The highest BCUT2D eigenvalue weighted by Crippen LogP contribution is 2.69. The van der Waals surface area contributed by atoms with Crippen molar-refractivity contribution in [3.8, 4) is 0 Å². The molecule has 2 atom stereocenters. The second kappa shape index (κ2) is 5.37. The van der Waals surface area contributed by atoms with Crippen molar-refractivity contribution >= 4 is 23.6 Å². The van der Waals surface area contributed by atoms with Crippen LogP contribution in [0.2, 0.25) is 0 Å². The van der Waals surface area contributed by atoms with Crippen LogP contribution in [0.1, 0.15) is 37.7 Å². The number of rotatable bonds is 2. The smallest absolute Gasteiger partial charge is 0.234 e. The Balaban J connectivity index is 1.35. The summed E-state index contributed by atoms with van der Waals surface area (Å²) < 4.78 is 0.0796. The number of carbonyl (C=O) groups excluding carboxylic acids is 2. The quantitative estimate of drug-likeness (QED) is 0.748. The zero-order valence-electron chi connectivity index (χ0n) is 15.0. The van der Waals surface area contributed by atoms with Gasteiger partial charge in [0, 0.05) is 10.5 Å². The van der Waals surface area contributed by atoms with E-state index in [-0.39, 0.29) is 28.4 Å². The Kier molecular flexibility index (Phi) is 3.25. The van der Waals surface area contributed by atoms with Crippen molar-refractivity contribution in [2.24, 2.45) is 35.5 Å². The van der Waals surface area contributed by atoms with Gasteiger partial charge in [0.05, 0.1) is 18.4 Å². The third-order valence-electron chi connectivity index (χ3n) is 8.11. The first-order valence-electron chi connectivity index (χ1n) is 10.2. The molecule has 7 rings (SSSR count). The van der Waals surface area contributed by atoms with Crippen LogP contribution in [0.25, 0.3) is 0 Å². The zero-order chi connectivity index (χ0) is 17.5. The summed E-state index contributed by atoms with van der Waals surface area (Å²) in [6.45, 7) is 0.451. The zero-order valence-corrected chi connectivity index (χ0v) is 15.8. The van der Waals surface area contributed by atoms with Gasteiger partial charge in [-0.25, -0.2) is 0 Å². The topological polar surface area (TPSA) is 37.4 Å². The van der Waals surface area contributed by atoms with Crippen LogP contribution in [0, 0.1) is 35.5 Å². The molecule has 2 unspecified atom stereocenters. The molecule has 2 amide bonds. The minimum atomic E-state index is -0.0614. The number of amides is 2. The standard InChI is InChI=1S/C22H25NO2S/c24-20-18-12-26-22(16-7-14-6-15(9-16)10-17(22)8-14)19(18)21(25)23(20)11-13-4-2-1-3-5-13/h1-5,14-19H,6-12H2. The number of hydrogen-bond acceptors (Lipinski definition) is 3. The third kappa shape index (κ3) is 1.92. The molecular formula is C22H25NO2S. The summed E-state index contributed by atoms with van der Waals surface area (Å²) in [6.07, 6.45) is 6.66. The fourth-order valence-corrected chi connectivity index (χ4v) is 9.48. The maximum atomic E-state index is 13.5. The average molecular weight is 368 g/mol. The first-order chi connectivity index (χ1) is 12.7. The van der Waals surface area contributed by atoms with Crippen molar-refractivity contribution in [3.05, 3.63) is 35.9 Å². The number of imide groups is 1. The summed E-state index contributed by atoms with van der Waals surface area (Å²) in [5, 5.41) is 0. The number of nitrogens with zero attached hydrogens (tertiary/aromatic N) is 1. The molecule has 1 aromatic carbocycles. The van der Waals surface area contributed by atoms with Gasteiger partial charge < -0.3 is 0 Å². The lowest BCUT2D eigenvalue weighted by atomic mass is 9.48. The summed E-state index contributed by atoms with van der Waals surface area (Å²) in [6, 6.07) is 9.97. The van der Waals surface area contributed by atoms with Crippen LogP contribution >= 0.6 is 11.8 Å². The van der Waals surface area contributed by atoms with Gasteiger partial charge in [-0.3, -0.25) is 14.5 Å². The largest absolute Gasteiger partial charge is 0.278 e. The fourth-order valence-electron chi connectivity index (χ4n) is 7.38. The van der Waals surface area contributed by atoms with Gasteiger partial charge in [-0.1, -0.05) is 30.3 Å². The van der Waals surface area contributed by atoms with E-state index < -0.39 is 0 Å². The molecule has 2 saturated heterocycles. The highest BCUT2D eigenvalue weighted by Gasteiger charge is 2.70. The lowest BCUT2D eigenvalue weighted by molar-refractivity contribution is -0.142. The molecule has 1 spiro atoms. The van der Waals surface area contributed by atoms with E-state index in [9.17, 15) is 9.59 Å². The number of fused-ring (bicyclic) bond motifs is 1. The van der Waals surface area contributed by atoms with Crippen molar-refractivity contribution in [2.45, 2.75) is 43.4 Å². The number of hydrogen-bond donors (Lipinski definition) is 0. The molecule has 6 aliphatic rings. The van der Waals surface area contributed by atoms with Crippen LogP contribution in [0.15, 0.2) is 30.3 Å². The van der Waals surface area contributed by atoms with Gasteiger partial charge in [0.1, 0.15) is 0 Å². The van der Waals surface area contributed by atoms with Gasteiger partial charge >= 0.3 is 0 Å². The molecule has 6 fully saturated rings. The van der Waals surface area contributed by atoms with E-state index in [1.165, 1.54) is 32.1 Å². The Morgan fingerprint density at radius 3 is 2.23 bits per heavy atom. The van der Waals surface area contributed by atoms with Crippen molar-refractivity contribution < 1.29 is 9.59 Å². The maximum Gasteiger partial charge on any atom is 0.234 e. The Morgan fingerprint density at radius 2 is 1.58 bits per heavy atom. The van der Waals surface area contributed by atoms with Gasteiger partial charge in [-0.15, -0.1) is 0 Å². The van der Waals surface area contributed by atoms with Gasteiger partial charge in [-0.05, 0) is 61.3 Å². The molecule has 2 heterocycles. The minimum Gasteiger partial charge on any atom is -0.278 e. The lowest BCUT2D eigenvalue weighted by Crippen LogP contribution is -2.59. The van der Waals surface area contributed by atoms with E-state index in [1.54, 1.807) is 4.90 Å². The van der Waals surface area contributed by atoms with Crippen LogP contribution in [0.5, 0.6) is 0 Å². The summed E-state index contributed by atoms with van der Waals surface area (Å²) in [4.78, 5) is 28.2. The first-order valence-corrected chi connectivity index (χ1v) is 11.2. The predicted molar refractivity (Wildman–Crippen MR) is 101 cm³/mol. The highest BCUT2D eigenvalue weighted by atomic mass is 32.2. The number of benzene rings is 1. The molecule has 4 aliphatic carbocycles. The molecule has 0 N–H and O–H groups in total. The first kappa shape index (κ1) is 15.7. The van der Waals surface area contributed by atoms with Crippen molar-refractivity contribution in [1.82, 2.24) is 4.90 Å². The van der Waals surface area contributed by atoms with E-state index in [1.807, 2.05) is 42.1 Å². The molecule has 4 saturated carbocycles. The summed E-state index contributed by atoms with van der Waals surface area (Å²) in [7, 11) is 0. The minimum absolute atomic E-state index is 0.0429. The van der Waals surface area contributed by atoms with Gasteiger partial charge in [0.25, 0.3) is 0 Å². The molecule has 4 heteroatoms. The maximum absolute atomic E-state index is 13.5. The van der Waals surface area contributed by atoms with Crippen LogP contribution in [0.3, 0.4) is 0 Å². The van der Waals surface area contributed by atoms with Crippen LogP contribution in [-0.4, -0.2) is 27.2 Å². The predicted octanol–water partition coefficient (Wildman–Crippen LogP) is 3.73. The fraction of sp³-hybridized carbons (Fsp3) is 0.636. The van der Waals surface area contributed by atoms with Gasteiger partial charge in [0.15, 0.2) is 0 Å². The number of carbonyl (C=O) groups is 2. The normalized spacial score (nSPS) is 45.8. The van der Waals surface area contributed by atoms with Crippen molar-refractivity contribution in [2.75, 3.05) is 5.75 Å². The van der Waals surface area contributed by atoms with Crippen molar-refractivity contribution in [1.29, 1.82) is 0 Å². The van der Waals surface area contributed by atoms with Crippen LogP contribution in [0.4, 0.5) is 0 Å². The summed E-state index contributed by atoms with van der Waals surface area (Å²) >= 11 is 2.02. The number of likely N-dealkylation sites (tertiary alicyclic amines) is 1. The second-order valence-electron chi connectivity index (χ2n) is 9.30. The highest BCUT2D eigenvalue weighted by molar-refractivity contribution is 8.01. The summed E-state index contributed by atoms with van der Waals surface area (Å²) in [5.74, 6) is 4.14. The van der Waals surface area contributed by atoms with Gasteiger partial charge in [0.2, 0.25) is 11.8 Å². The van der Waals surface area contributed by atoms with E-state index in [0.29, 0.717) is 18.4 Å². The van der Waals surface area contributed by atoms with Crippen LogP contribution < -0.4 is 0 Å². The Hall–Kier alpha value is -1.29. The van der Waals surface area contributed by atoms with Crippen LogP contribution in [-0.2, 0) is 16.1 Å². The third-order valence-corrected chi connectivity index (χ3v) is 10.1.